The zero-order valence-corrected chi connectivity index (χ0v) is 6.77. The maximum atomic E-state index is 5.80. The van der Waals surface area contributed by atoms with Crippen LogP contribution in [0.25, 0.3) is 0 Å². The fourth-order valence-electron chi connectivity index (χ4n) is 1.59. The molecule has 1 aliphatic rings. The molecular weight excluding hydrogens is 119 g/mol. The van der Waals surface area contributed by atoms with Crippen LogP contribution in [0, 0.1) is 5.92 Å². The van der Waals surface area contributed by atoms with Gasteiger partial charge in [-0.25, -0.2) is 0 Å². The van der Waals surface area contributed by atoms with E-state index in [-0.39, 0.29) is 0 Å². The van der Waals surface area contributed by atoms with Crippen molar-refractivity contribution in [2.24, 2.45) is 5.92 Å². The van der Waals surface area contributed by atoms with Crippen LogP contribution in [0.2, 0.25) is 5.82 Å². The van der Waals surface area contributed by atoms with Crippen LogP contribution in [0.5, 0.6) is 0 Å². The molecule has 2 atom stereocenters. The van der Waals surface area contributed by atoms with E-state index in [9.17, 15) is 0 Å². The molecule has 0 saturated heterocycles. The Kier molecular flexibility index (Phi) is 2.59. The molecule has 0 amide bonds. The lowest BCUT2D eigenvalue weighted by atomic mass is 9.69. The number of rotatable bonds is 1. The first kappa shape index (κ1) is 7.91. The van der Waals surface area contributed by atoms with Gasteiger partial charge in [-0.15, -0.1) is 6.58 Å². The largest absolute Gasteiger partial charge is 0.100 e. The molecule has 0 aromatic carbocycles. The second-order valence-electron chi connectivity index (χ2n) is 3.32. The summed E-state index contributed by atoms with van der Waals surface area (Å²) in [5.74, 6) is 1.16. The van der Waals surface area contributed by atoms with Crippen LogP contribution >= 0.6 is 0 Å². The Morgan fingerprint density at radius 1 is 1.60 bits per heavy atom. The Bertz CT molecular complexity index is 129. The second kappa shape index (κ2) is 3.27. The summed E-state index contributed by atoms with van der Waals surface area (Å²) < 4.78 is 0. The molecular formula is C9H15B. The molecule has 0 N–H and O–H groups in total. The van der Waals surface area contributed by atoms with Gasteiger partial charge in [-0.1, -0.05) is 37.6 Å². The van der Waals surface area contributed by atoms with Gasteiger partial charge >= 0.3 is 0 Å². The Labute approximate surface area is 65.1 Å². The Balaban J connectivity index is 2.41. The normalized spacial score (nSPS) is 34.3. The van der Waals surface area contributed by atoms with Crippen molar-refractivity contribution < 1.29 is 0 Å². The molecule has 0 aromatic heterocycles. The first-order valence-electron chi connectivity index (χ1n) is 4.17. The van der Waals surface area contributed by atoms with Crippen molar-refractivity contribution in [2.45, 2.75) is 38.4 Å². The highest BCUT2D eigenvalue weighted by atomic mass is 14.2. The molecule has 0 bridgehead atoms. The summed E-state index contributed by atoms with van der Waals surface area (Å²) in [7, 11) is 5.80. The highest BCUT2D eigenvalue weighted by Gasteiger charge is 2.18. The number of hydrogen-bond acceptors (Lipinski definition) is 0. The van der Waals surface area contributed by atoms with E-state index >= 15 is 0 Å². The Hall–Kier alpha value is -0.195. The number of allylic oxidation sites excluding steroid dienone is 1. The summed E-state index contributed by atoms with van der Waals surface area (Å²) in [5, 5.41) is 0. The minimum absolute atomic E-state index is 0.294. The highest BCUT2D eigenvalue weighted by molar-refractivity contribution is 6.13. The van der Waals surface area contributed by atoms with Crippen LogP contribution in [-0.2, 0) is 0 Å². The third-order valence-electron chi connectivity index (χ3n) is 2.54. The molecule has 0 aliphatic heterocycles. The van der Waals surface area contributed by atoms with Gasteiger partial charge in [0, 0.05) is 0 Å². The third kappa shape index (κ3) is 1.65. The van der Waals surface area contributed by atoms with E-state index in [2.05, 4.69) is 13.5 Å². The van der Waals surface area contributed by atoms with E-state index in [4.69, 9.17) is 7.85 Å². The van der Waals surface area contributed by atoms with Crippen LogP contribution < -0.4 is 0 Å². The summed E-state index contributed by atoms with van der Waals surface area (Å²) in [6, 6.07) is 0. The number of hydrogen-bond donors (Lipinski definition) is 0. The summed E-state index contributed by atoms with van der Waals surface area (Å²) in [6.07, 6.45) is 4.90. The lowest BCUT2D eigenvalue weighted by Gasteiger charge is -2.27. The molecule has 2 unspecified atom stereocenters. The minimum atomic E-state index is 0.294. The summed E-state index contributed by atoms with van der Waals surface area (Å²) in [6.45, 7) is 6.21. The van der Waals surface area contributed by atoms with Crippen molar-refractivity contribution in [3.05, 3.63) is 12.2 Å². The van der Waals surface area contributed by atoms with Gasteiger partial charge in [0.15, 0.2) is 0 Å². The van der Waals surface area contributed by atoms with Crippen molar-refractivity contribution in [1.82, 2.24) is 0 Å². The van der Waals surface area contributed by atoms with E-state index in [0.29, 0.717) is 5.82 Å². The molecule has 0 spiro atoms. The van der Waals surface area contributed by atoms with Crippen molar-refractivity contribution in [2.75, 3.05) is 0 Å². The third-order valence-corrected chi connectivity index (χ3v) is 2.54. The van der Waals surface area contributed by atoms with Gasteiger partial charge in [0.2, 0.25) is 0 Å². The van der Waals surface area contributed by atoms with Crippen LogP contribution in [0.1, 0.15) is 32.6 Å². The maximum Gasteiger partial charge on any atom is 0.0758 e. The lowest BCUT2D eigenvalue weighted by Crippen LogP contribution is -2.12. The van der Waals surface area contributed by atoms with Gasteiger partial charge in [0.1, 0.15) is 0 Å². The van der Waals surface area contributed by atoms with Crippen LogP contribution in [0.15, 0.2) is 12.2 Å². The molecule has 1 fully saturated rings. The Morgan fingerprint density at radius 3 is 2.80 bits per heavy atom. The second-order valence-corrected chi connectivity index (χ2v) is 3.32. The van der Waals surface area contributed by atoms with Crippen LogP contribution in [-0.4, -0.2) is 7.85 Å². The average Bonchev–Trinajstić information content (AvgIpc) is 1.95. The van der Waals surface area contributed by atoms with E-state index < -0.39 is 0 Å². The molecule has 0 nitrogen and oxygen atoms in total. The summed E-state index contributed by atoms with van der Waals surface area (Å²) >= 11 is 0. The van der Waals surface area contributed by atoms with E-state index in [0.717, 1.165) is 18.8 Å². The monoisotopic (exact) mass is 134 g/mol. The topological polar surface area (TPSA) is 0 Å². The van der Waals surface area contributed by atoms with Gasteiger partial charge in [-0.05, 0) is 12.3 Å². The highest BCUT2D eigenvalue weighted by Crippen LogP contribution is 2.35. The fourth-order valence-corrected chi connectivity index (χ4v) is 1.59. The quantitative estimate of drug-likeness (QED) is 0.382. The fraction of sp³-hybridized carbons (Fsp3) is 0.778. The SMILES string of the molecule is [B]C1CCC(CC)CC1=C. The predicted molar refractivity (Wildman–Crippen MR) is 46.3 cm³/mol. The smallest absolute Gasteiger partial charge is 0.0758 e. The zero-order valence-electron chi connectivity index (χ0n) is 6.77. The van der Waals surface area contributed by atoms with Crippen molar-refractivity contribution in [3.63, 3.8) is 0 Å². The standard InChI is InChI=1S/C9H15B/c1-3-8-4-5-9(10)7(2)6-8/h8-9H,2-6H2,1H3. The van der Waals surface area contributed by atoms with Crippen molar-refractivity contribution >= 4 is 7.85 Å². The van der Waals surface area contributed by atoms with Gasteiger partial charge in [0.25, 0.3) is 0 Å². The maximum absolute atomic E-state index is 5.80. The predicted octanol–water partition coefficient (Wildman–Crippen LogP) is 2.71. The first-order valence-corrected chi connectivity index (χ1v) is 4.17. The first-order chi connectivity index (χ1) is 4.74. The molecule has 1 aliphatic carbocycles. The lowest BCUT2D eigenvalue weighted by molar-refractivity contribution is 0.408. The Morgan fingerprint density at radius 2 is 2.30 bits per heavy atom. The van der Waals surface area contributed by atoms with Gasteiger partial charge in [-0.2, -0.15) is 0 Å². The molecule has 54 valence electrons. The molecule has 1 saturated carbocycles. The molecule has 1 heteroatoms. The van der Waals surface area contributed by atoms with E-state index in [1.54, 1.807) is 0 Å². The molecule has 0 heterocycles. The van der Waals surface area contributed by atoms with Crippen molar-refractivity contribution in [3.8, 4) is 0 Å². The van der Waals surface area contributed by atoms with Crippen molar-refractivity contribution in [1.29, 1.82) is 0 Å². The van der Waals surface area contributed by atoms with E-state index in [1.807, 2.05) is 0 Å². The van der Waals surface area contributed by atoms with Crippen LogP contribution in [0.4, 0.5) is 0 Å². The van der Waals surface area contributed by atoms with E-state index in [1.165, 1.54) is 18.4 Å². The molecule has 2 radical (unpaired) electrons. The van der Waals surface area contributed by atoms with Gasteiger partial charge in [-0.3, -0.25) is 0 Å². The van der Waals surface area contributed by atoms with Crippen LogP contribution in [0.3, 0.4) is 0 Å². The van der Waals surface area contributed by atoms with Gasteiger partial charge in [0.05, 0.1) is 7.85 Å². The summed E-state index contributed by atoms with van der Waals surface area (Å²) in [5.41, 5.74) is 1.26. The molecule has 0 aromatic rings. The van der Waals surface area contributed by atoms with Gasteiger partial charge < -0.3 is 0 Å². The molecule has 10 heavy (non-hydrogen) atoms. The minimum Gasteiger partial charge on any atom is -0.100 e. The summed E-state index contributed by atoms with van der Waals surface area (Å²) in [4.78, 5) is 0. The molecule has 1 rings (SSSR count). The zero-order chi connectivity index (χ0) is 7.56. The average molecular weight is 134 g/mol.